The van der Waals surface area contributed by atoms with E-state index >= 15 is 0 Å². The molecule has 1 unspecified atom stereocenters. The van der Waals surface area contributed by atoms with Gasteiger partial charge in [0.25, 0.3) is 0 Å². The van der Waals surface area contributed by atoms with E-state index in [1.807, 2.05) is 0 Å². The third kappa shape index (κ3) is 5.12. The quantitative estimate of drug-likeness (QED) is 0.604. The Balaban J connectivity index is 3.26. The second-order valence-electron chi connectivity index (χ2n) is 2.66. The normalized spacial score (nSPS) is 14.1. The summed E-state index contributed by atoms with van der Waals surface area (Å²) in [6.45, 7) is 10.1. The summed E-state index contributed by atoms with van der Waals surface area (Å²) >= 11 is 4.32. The molecule has 0 saturated carbocycles. The van der Waals surface area contributed by atoms with Gasteiger partial charge in [-0.05, 0) is 26.1 Å². The van der Waals surface area contributed by atoms with Crippen LogP contribution in [0.3, 0.4) is 0 Å². The second kappa shape index (κ2) is 6.05. The van der Waals surface area contributed by atoms with E-state index in [9.17, 15) is 0 Å². The molecule has 0 rings (SSSR count). The van der Waals surface area contributed by atoms with Gasteiger partial charge in [-0.1, -0.05) is 20.8 Å². The molecule has 0 aromatic carbocycles. The molecule has 10 heavy (non-hydrogen) atoms. The van der Waals surface area contributed by atoms with Crippen molar-refractivity contribution in [1.82, 2.24) is 4.90 Å². The topological polar surface area (TPSA) is 3.24 Å². The average molecular weight is 161 g/mol. The largest absolute Gasteiger partial charge is 0.304 e. The van der Waals surface area contributed by atoms with E-state index in [-0.39, 0.29) is 0 Å². The van der Waals surface area contributed by atoms with Gasteiger partial charge < -0.3 is 4.90 Å². The van der Waals surface area contributed by atoms with E-state index in [1.54, 1.807) is 0 Å². The molecule has 0 aliphatic heterocycles. The maximum Gasteiger partial charge on any atom is 0.0000573 e. The molecule has 0 fully saturated rings. The number of nitrogens with zero attached hydrogens (tertiary/aromatic N) is 1. The Hall–Kier alpha value is 0.310. The minimum atomic E-state index is 0.542. The predicted octanol–water partition coefficient (Wildman–Crippen LogP) is 2.04. The molecule has 0 aromatic rings. The van der Waals surface area contributed by atoms with Crippen molar-refractivity contribution in [2.75, 3.05) is 19.6 Å². The van der Waals surface area contributed by atoms with Crippen LogP contribution >= 0.6 is 12.6 Å². The van der Waals surface area contributed by atoms with Crippen molar-refractivity contribution in [1.29, 1.82) is 0 Å². The maximum absolute atomic E-state index is 4.32. The van der Waals surface area contributed by atoms with Gasteiger partial charge in [-0.25, -0.2) is 0 Å². The lowest BCUT2D eigenvalue weighted by Crippen LogP contribution is -2.25. The van der Waals surface area contributed by atoms with E-state index in [0.717, 1.165) is 13.1 Å². The Morgan fingerprint density at radius 1 is 1.30 bits per heavy atom. The molecule has 0 spiro atoms. The van der Waals surface area contributed by atoms with Gasteiger partial charge in [0.1, 0.15) is 0 Å². The van der Waals surface area contributed by atoms with Crippen LogP contribution in [0.1, 0.15) is 27.2 Å². The smallest absolute Gasteiger partial charge is 0.0000573 e. The van der Waals surface area contributed by atoms with Gasteiger partial charge in [0, 0.05) is 5.25 Å². The zero-order valence-electron chi connectivity index (χ0n) is 7.30. The summed E-state index contributed by atoms with van der Waals surface area (Å²) in [7, 11) is 0. The number of hydrogen-bond acceptors (Lipinski definition) is 2. The zero-order chi connectivity index (χ0) is 7.98. The molecule has 2 heteroatoms. The van der Waals surface area contributed by atoms with Crippen LogP contribution in [0.15, 0.2) is 0 Å². The van der Waals surface area contributed by atoms with Crippen LogP contribution < -0.4 is 0 Å². The fourth-order valence-electron chi connectivity index (χ4n) is 0.909. The molecule has 0 aliphatic rings. The second-order valence-corrected chi connectivity index (χ2v) is 3.55. The molecule has 0 aromatic heterocycles. The first-order chi connectivity index (χ1) is 4.70. The standard InChI is InChI=1S/C8H19NS/c1-4-9(5-2)7-6-8(3)10/h8,10H,4-7H2,1-3H3. The summed E-state index contributed by atoms with van der Waals surface area (Å²) in [4.78, 5) is 2.42. The molecule has 1 nitrogen and oxygen atoms in total. The third-order valence-corrected chi connectivity index (χ3v) is 2.02. The Bertz CT molecular complexity index is 69.7. The summed E-state index contributed by atoms with van der Waals surface area (Å²) in [5.74, 6) is 0. The van der Waals surface area contributed by atoms with Crippen molar-refractivity contribution in [2.45, 2.75) is 32.4 Å². The summed E-state index contributed by atoms with van der Waals surface area (Å²) in [6, 6.07) is 0. The van der Waals surface area contributed by atoms with Crippen LogP contribution in [-0.4, -0.2) is 29.8 Å². The fourth-order valence-corrected chi connectivity index (χ4v) is 1.02. The Labute approximate surface area is 70.2 Å². The SMILES string of the molecule is CCN(CC)CCC(C)S. The highest BCUT2D eigenvalue weighted by atomic mass is 32.1. The summed E-state index contributed by atoms with van der Waals surface area (Å²) in [5, 5.41) is 0.542. The summed E-state index contributed by atoms with van der Waals surface area (Å²) < 4.78 is 0. The molecule has 0 N–H and O–H groups in total. The molecule has 0 heterocycles. The number of rotatable bonds is 5. The zero-order valence-corrected chi connectivity index (χ0v) is 8.19. The first kappa shape index (κ1) is 10.3. The van der Waals surface area contributed by atoms with E-state index in [0.29, 0.717) is 5.25 Å². The summed E-state index contributed by atoms with van der Waals surface area (Å²) in [6.07, 6.45) is 1.20. The van der Waals surface area contributed by atoms with Gasteiger partial charge in [0.2, 0.25) is 0 Å². The molecule has 0 radical (unpaired) electrons. The van der Waals surface area contributed by atoms with Gasteiger partial charge in [-0.3, -0.25) is 0 Å². The van der Waals surface area contributed by atoms with Crippen molar-refractivity contribution in [3.8, 4) is 0 Å². The van der Waals surface area contributed by atoms with Gasteiger partial charge in [0.05, 0.1) is 0 Å². The van der Waals surface area contributed by atoms with E-state index in [4.69, 9.17) is 0 Å². The molecule has 62 valence electrons. The lowest BCUT2D eigenvalue weighted by atomic mass is 10.3. The Morgan fingerprint density at radius 2 is 1.80 bits per heavy atom. The van der Waals surface area contributed by atoms with Crippen LogP contribution in [0.5, 0.6) is 0 Å². The number of thiol groups is 1. The molecule has 0 amide bonds. The first-order valence-electron chi connectivity index (χ1n) is 4.11. The minimum Gasteiger partial charge on any atom is -0.304 e. The molecule has 0 saturated heterocycles. The van der Waals surface area contributed by atoms with Gasteiger partial charge in [-0.15, -0.1) is 0 Å². The van der Waals surface area contributed by atoms with Crippen molar-refractivity contribution >= 4 is 12.6 Å². The molecule has 0 aliphatic carbocycles. The van der Waals surface area contributed by atoms with E-state index < -0.39 is 0 Å². The van der Waals surface area contributed by atoms with Crippen LogP contribution in [0.4, 0.5) is 0 Å². The van der Waals surface area contributed by atoms with Crippen LogP contribution in [0.25, 0.3) is 0 Å². The van der Waals surface area contributed by atoms with Crippen LogP contribution in [0.2, 0.25) is 0 Å². The number of hydrogen-bond donors (Lipinski definition) is 1. The molecular formula is C8H19NS. The molecule has 0 bridgehead atoms. The van der Waals surface area contributed by atoms with Crippen molar-refractivity contribution in [3.63, 3.8) is 0 Å². The van der Waals surface area contributed by atoms with Crippen molar-refractivity contribution in [2.24, 2.45) is 0 Å². The lowest BCUT2D eigenvalue weighted by molar-refractivity contribution is 0.300. The Morgan fingerprint density at radius 3 is 2.10 bits per heavy atom. The summed E-state index contributed by atoms with van der Waals surface area (Å²) in [5.41, 5.74) is 0. The predicted molar refractivity (Wildman–Crippen MR) is 50.9 cm³/mol. The van der Waals surface area contributed by atoms with Gasteiger partial charge in [-0.2, -0.15) is 12.6 Å². The minimum absolute atomic E-state index is 0.542. The van der Waals surface area contributed by atoms with Crippen LogP contribution in [0, 0.1) is 0 Å². The van der Waals surface area contributed by atoms with E-state index in [1.165, 1.54) is 13.0 Å². The monoisotopic (exact) mass is 161 g/mol. The Kier molecular flexibility index (Phi) is 6.24. The fraction of sp³-hybridized carbons (Fsp3) is 1.00. The van der Waals surface area contributed by atoms with Gasteiger partial charge in [0.15, 0.2) is 0 Å². The first-order valence-corrected chi connectivity index (χ1v) is 4.62. The van der Waals surface area contributed by atoms with Gasteiger partial charge >= 0.3 is 0 Å². The highest BCUT2D eigenvalue weighted by molar-refractivity contribution is 7.80. The molecular weight excluding hydrogens is 142 g/mol. The average Bonchev–Trinajstić information content (AvgIpc) is 1.90. The highest BCUT2D eigenvalue weighted by Gasteiger charge is 1.99. The van der Waals surface area contributed by atoms with Crippen molar-refractivity contribution < 1.29 is 0 Å². The molecule has 1 atom stereocenters. The van der Waals surface area contributed by atoms with Crippen LogP contribution in [-0.2, 0) is 0 Å². The van der Waals surface area contributed by atoms with Crippen molar-refractivity contribution in [3.05, 3.63) is 0 Å². The highest BCUT2D eigenvalue weighted by Crippen LogP contribution is 2.00. The lowest BCUT2D eigenvalue weighted by Gasteiger charge is -2.18. The third-order valence-electron chi connectivity index (χ3n) is 1.76. The van der Waals surface area contributed by atoms with E-state index in [2.05, 4.69) is 38.3 Å². The maximum atomic E-state index is 4.32.